The van der Waals surface area contributed by atoms with Crippen molar-refractivity contribution in [2.75, 3.05) is 0 Å². The number of nitrogens with two attached hydrogens (primary N) is 1. The molecule has 2 rings (SSSR count). The van der Waals surface area contributed by atoms with Gasteiger partial charge in [0.05, 0.1) is 6.04 Å². The summed E-state index contributed by atoms with van der Waals surface area (Å²) in [5.41, 5.74) is 7.57. The predicted molar refractivity (Wildman–Crippen MR) is 70.8 cm³/mol. The second-order valence-corrected chi connectivity index (χ2v) is 4.83. The van der Waals surface area contributed by atoms with E-state index in [-0.39, 0.29) is 17.8 Å². The van der Waals surface area contributed by atoms with Gasteiger partial charge < -0.3 is 10.3 Å². The van der Waals surface area contributed by atoms with Gasteiger partial charge in [0.2, 0.25) is 11.7 Å². The van der Waals surface area contributed by atoms with Gasteiger partial charge in [-0.2, -0.15) is 4.98 Å². The molecule has 102 valence electrons. The van der Waals surface area contributed by atoms with Gasteiger partial charge in [0.15, 0.2) is 0 Å². The van der Waals surface area contributed by atoms with Crippen molar-refractivity contribution >= 4 is 0 Å². The van der Waals surface area contributed by atoms with Gasteiger partial charge in [-0.15, -0.1) is 0 Å². The second kappa shape index (κ2) is 5.48. The van der Waals surface area contributed by atoms with Crippen molar-refractivity contribution in [1.82, 2.24) is 10.1 Å². The lowest BCUT2D eigenvalue weighted by molar-refractivity contribution is 0.312. The van der Waals surface area contributed by atoms with Gasteiger partial charge in [-0.3, -0.25) is 0 Å². The molecule has 0 radical (unpaired) electrons. The summed E-state index contributed by atoms with van der Waals surface area (Å²) in [6.07, 6.45) is 0.939. The van der Waals surface area contributed by atoms with Crippen LogP contribution in [-0.2, 0) is 0 Å². The first-order chi connectivity index (χ1) is 9.02. The van der Waals surface area contributed by atoms with E-state index >= 15 is 0 Å². The van der Waals surface area contributed by atoms with Gasteiger partial charge in [-0.05, 0) is 36.6 Å². The average Bonchev–Trinajstić information content (AvgIpc) is 2.86. The Morgan fingerprint density at radius 3 is 2.79 bits per heavy atom. The number of rotatable bonds is 4. The van der Waals surface area contributed by atoms with Crippen LogP contribution in [0.1, 0.15) is 37.8 Å². The Bertz CT molecular complexity index is 568. The Hall–Kier alpha value is -1.75. The number of nitrogens with zero attached hydrogens (tertiary/aromatic N) is 2. The van der Waals surface area contributed by atoms with Crippen LogP contribution in [0.3, 0.4) is 0 Å². The molecule has 0 saturated heterocycles. The zero-order valence-corrected chi connectivity index (χ0v) is 11.4. The third-order valence-corrected chi connectivity index (χ3v) is 3.41. The van der Waals surface area contributed by atoms with Crippen LogP contribution in [-0.4, -0.2) is 10.1 Å². The van der Waals surface area contributed by atoms with E-state index in [1.165, 1.54) is 12.1 Å². The molecule has 0 amide bonds. The molecule has 5 heteroatoms. The molecule has 0 unspecified atom stereocenters. The fourth-order valence-corrected chi connectivity index (χ4v) is 1.86. The van der Waals surface area contributed by atoms with Crippen molar-refractivity contribution in [1.29, 1.82) is 0 Å². The largest absolute Gasteiger partial charge is 0.337 e. The highest BCUT2D eigenvalue weighted by atomic mass is 19.1. The Labute approximate surface area is 111 Å². The standard InChI is InChI=1S/C14H18FN3O/c1-4-8(2)12(16)14-17-13(18-19-14)11-6-5-10(15)7-9(11)3/h5-8,12H,4,16H2,1-3H3/t8-,12-/m0/s1. The highest BCUT2D eigenvalue weighted by molar-refractivity contribution is 5.59. The lowest BCUT2D eigenvalue weighted by Crippen LogP contribution is -2.18. The van der Waals surface area contributed by atoms with E-state index in [0.29, 0.717) is 11.7 Å². The minimum Gasteiger partial charge on any atom is -0.337 e. The Morgan fingerprint density at radius 2 is 2.16 bits per heavy atom. The van der Waals surface area contributed by atoms with Crippen LogP contribution < -0.4 is 5.73 Å². The fraction of sp³-hybridized carbons (Fsp3) is 0.429. The van der Waals surface area contributed by atoms with Crippen molar-refractivity contribution in [3.63, 3.8) is 0 Å². The Kier molecular flexibility index (Phi) is 3.95. The Morgan fingerprint density at radius 1 is 1.42 bits per heavy atom. The summed E-state index contributed by atoms with van der Waals surface area (Å²) in [5, 5.41) is 3.93. The molecule has 4 nitrogen and oxygen atoms in total. The first-order valence-electron chi connectivity index (χ1n) is 6.38. The summed E-state index contributed by atoms with van der Waals surface area (Å²) >= 11 is 0. The molecule has 0 fully saturated rings. The topological polar surface area (TPSA) is 64.9 Å². The van der Waals surface area contributed by atoms with Crippen molar-refractivity contribution in [2.24, 2.45) is 11.7 Å². The first-order valence-corrected chi connectivity index (χ1v) is 6.38. The van der Waals surface area contributed by atoms with Crippen molar-refractivity contribution in [2.45, 2.75) is 33.2 Å². The number of hydrogen-bond donors (Lipinski definition) is 1. The van der Waals surface area contributed by atoms with E-state index in [4.69, 9.17) is 10.3 Å². The van der Waals surface area contributed by atoms with Crippen LogP contribution in [0.5, 0.6) is 0 Å². The quantitative estimate of drug-likeness (QED) is 0.919. The van der Waals surface area contributed by atoms with Crippen LogP contribution in [0.25, 0.3) is 11.4 Å². The number of halogens is 1. The molecule has 19 heavy (non-hydrogen) atoms. The second-order valence-electron chi connectivity index (χ2n) is 4.83. The van der Waals surface area contributed by atoms with Crippen LogP contribution in [0, 0.1) is 18.7 Å². The molecule has 0 aliphatic rings. The van der Waals surface area contributed by atoms with E-state index in [9.17, 15) is 4.39 Å². The molecule has 0 spiro atoms. The number of aryl methyl sites for hydroxylation is 1. The average molecular weight is 263 g/mol. The number of aromatic nitrogens is 2. The molecule has 2 aromatic rings. The summed E-state index contributed by atoms with van der Waals surface area (Å²) in [7, 11) is 0. The lowest BCUT2D eigenvalue weighted by Gasteiger charge is -2.13. The lowest BCUT2D eigenvalue weighted by atomic mass is 10.0. The molecule has 0 aliphatic heterocycles. The molecule has 2 atom stereocenters. The summed E-state index contributed by atoms with van der Waals surface area (Å²) in [6, 6.07) is 4.20. The predicted octanol–water partition coefficient (Wildman–Crippen LogP) is 3.23. The maximum Gasteiger partial charge on any atom is 0.244 e. The molecule has 0 bridgehead atoms. The third kappa shape index (κ3) is 2.81. The summed E-state index contributed by atoms with van der Waals surface area (Å²) in [5.74, 6) is 0.864. The van der Waals surface area contributed by atoms with E-state index in [0.717, 1.165) is 17.5 Å². The van der Waals surface area contributed by atoms with Gasteiger partial charge in [0.1, 0.15) is 5.82 Å². The maximum absolute atomic E-state index is 13.1. The molecule has 0 saturated carbocycles. The van der Waals surface area contributed by atoms with Crippen LogP contribution in [0.15, 0.2) is 22.7 Å². The smallest absolute Gasteiger partial charge is 0.244 e. The van der Waals surface area contributed by atoms with Gasteiger partial charge >= 0.3 is 0 Å². The summed E-state index contributed by atoms with van der Waals surface area (Å²) < 4.78 is 18.3. The van der Waals surface area contributed by atoms with E-state index in [2.05, 4.69) is 17.1 Å². The first kappa shape index (κ1) is 13.7. The van der Waals surface area contributed by atoms with E-state index in [1.807, 2.05) is 13.8 Å². The van der Waals surface area contributed by atoms with Crippen molar-refractivity contribution in [3.8, 4) is 11.4 Å². The van der Waals surface area contributed by atoms with E-state index in [1.54, 1.807) is 6.07 Å². The normalized spacial score (nSPS) is 14.4. The summed E-state index contributed by atoms with van der Waals surface area (Å²) in [4.78, 5) is 4.31. The van der Waals surface area contributed by atoms with Crippen LogP contribution >= 0.6 is 0 Å². The van der Waals surface area contributed by atoms with Gasteiger partial charge in [0.25, 0.3) is 0 Å². The Balaban J connectivity index is 2.30. The van der Waals surface area contributed by atoms with Crippen LogP contribution in [0.2, 0.25) is 0 Å². The molecule has 1 heterocycles. The number of hydrogen-bond acceptors (Lipinski definition) is 4. The maximum atomic E-state index is 13.1. The molecule has 1 aromatic carbocycles. The third-order valence-electron chi connectivity index (χ3n) is 3.41. The molecular weight excluding hydrogens is 245 g/mol. The molecule has 0 aliphatic carbocycles. The highest BCUT2D eigenvalue weighted by Gasteiger charge is 2.21. The molecule has 2 N–H and O–H groups in total. The minimum absolute atomic E-state index is 0.266. The van der Waals surface area contributed by atoms with Gasteiger partial charge in [-0.1, -0.05) is 25.4 Å². The fourth-order valence-electron chi connectivity index (χ4n) is 1.86. The van der Waals surface area contributed by atoms with Crippen molar-refractivity contribution < 1.29 is 8.91 Å². The summed E-state index contributed by atoms with van der Waals surface area (Å²) in [6.45, 7) is 5.91. The SMILES string of the molecule is CC[C@H](C)[C@H](N)c1nc(-c2ccc(F)cc2C)no1. The van der Waals surface area contributed by atoms with Crippen LogP contribution in [0.4, 0.5) is 4.39 Å². The minimum atomic E-state index is -0.277. The van der Waals surface area contributed by atoms with Crippen molar-refractivity contribution in [3.05, 3.63) is 35.5 Å². The zero-order chi connectivity index (χ0) is 14.0. The molecular formula is C14H18FN3O. The highest BCUT2D eigenvalue weighted by Crippen LogP contribution is 2.25. The van der Waals surface area contributed by atoms with Gasteiger partial charge in [-0.25, -0.2) is 4.39 Å². The van der Waals surface area contributed by atoms with Gasteiger partial charge in [0, 0.05) is 5.56 Å². The zero-order valence-electron chi connectivity index (χ0n) is 11.4. The number of benzene rings is 1. The monoisotopic (exact) mass is 263 g/mol. The molecule has 1 aromatic heterocycles. The van der Waals surface area contributed by atoms with E-state index < -0.39 is 0 Å².